The number of rotatable bonds is 5. The maximum absolute atomic E-state index is 12.0. The van der Waals surface area contributed by atoms with Crippen molar-refractivity contribution in [3.63, 3.8) is 0 Å². The number of hydrogen-bond acceptors (Lipinski definition) is 6. The molecular formula is C19H18N3O5S+. The third-order valence-electron chi connectivity index (χ3n) is 4.08. The summed E-state index contributed by atoms with van der Waals surface area (Å²) in [4.78, 5) is 16.1. The fourth-order valence-corrected chi connectivity index (χ4v) is 3.38. The van der Waals surface area contributed by atoms with Gasteiger partial charge in [0.05, 0.1) is 4.90 Å². The summed E-state index contributed by atoms with van der Waals surface area (Å²) in [5.74, 6) is -0.715. The van der Waals surface area contributed by atoms with Gasteiger partial charge in [-0.05, 0) is 16.8 Å². The summed E-state index contributed by atoms with van der Waals surface area (Å²) in [6, 6.07) is 14.4. The standard InChI is InChI=1S/C19H18N3O5S/c1-3-16(23)22(2,24)19-21-17(13-9-5-4-6-10-13)18(27-19)14-11-7-8-12-15(14)28(20,25)26/h3-12,24H,1H2,2H3,(H2,20,25,26)/q+1. The molecule has 2 aromatic carbocycles. The maximum Gasteiger partial charge on any atom is 0.446 e. The maximum atomic E-state index is 12.0. The molecule has 28 heavy (non-hydrogen) atoms. The highest BCUT2D eigenvalue weighted by Crippen LogP contribution is 2.39. The number of carbonyl (C=O) groups is 1. The lowest BCUT2D eigenvalue weighted by Gasteiger charge is -2.14. The van der Waals surface area contributed by atoms with Crippen molar-refractivity contribution < 1.29 is 22.8 Å². The molecule has 3 N–H and O–H groups in total. The van der Waals surface area contributed by atoms with Crippen LogP contribution in [-0.4, -0.2) is 31.6 Å². The SMILES string of the molecule is C=CC(=O)[N+](C)(O)c1nc(-c2ccccc2)c(-c2ccccc2S(N)(=O)=O)o1. The molecule has 0 spiro atoms. The molecule has 0 aliphatic carbocycles. The van der Waals surface area contributed by atoms with E-state index in [-0.39, 0.29) is 27.9 Å². The highest BCUT2D eigenvalue weighted by Gasteiger charge is 2.39. The minimum atomic E-state index is -4.07. The van der Waals surface area contributed by atoms with E-state index in [1.54, 1.807) is 36.4 Å². The Morgan fingerprint density at radius 3 is 2.39 bits per heavy atom. The monoisotopic (exact) mass is 400 g/mol. The number of oxazole rings is 1. The van der Waals surface area contributed by atoms with Gasteiger partial charge in [0.15, 0.2) is 5.76 Å². The van der Waals surface area contributed by atoms with Gasteiger partial charge < -0.3 is 4.42 Å². The summed E-state index contributed by atoms with van der Waals surface area (Å²) < 4.78 is 28.4. The molecule has 1 aromatic heterocycles. The van der Waals surface area contributed by atoms with E-state index in [1.807, 2.05) is 0 Å². The second-order valence-electron chi connectivity index (χ2n) is 6.08. The first-order valence-corrected chi connectivity index (χ1v) is 9.66. The van der Waals surface area contributed by atoms with E-state index in [1.165, 1.54) is 25.2 Å². The zero-order chi connectivity index (χ0) is 20.5. The largest absolute Gasteiger partial charge is 0.446 e. The molecule has 9 heteroatoms. The van der Waals surface area contributed by atoms with Gasteiger partial charge in [-0.3, -0.25) is 0 Å². The number of quaternary nitrogens is 1. The van der Waals surface area contributed by atoms with E-state index in [0.717, 1.165) is 6.08 Å². The molecule has 3 aromatic rings. The van der Waals surface area contributed by atoms with Gasteiger partial charge in [-0.2, -0.15) is 10.2 Å². The van der Waals surface area contributed by atoms with Crippen LogP contribution in [0, 0.1) is 0 Å². The lowest BCUT2D eigenvalue weighted by molar-refractivity contribution is -0.153. The predicted molar refractivity (Wildman–Crippen MR) is 103 cm³/mol. The summed E-state index contributed by atoms with van der Waals surface area (Å²) in [5, 5.41) is 15.9. The first-order chi connectivity index (χ1) is 13.2. The van der Waals surface area contributed by atoms with Crippen LogP contribution in [0.15, 0.2) is 76.6 Å². The zero-order valence-electron chi connectivity index (χ0n) is 14.9. The zero-order valence-corrected chi connectivity index (χ0v) is 15.8. The fraction of sp³-hybridized carbons (Fsp3) is 0.0526. The number of nitrogens with two attached hydrogens (primary N) is 1. The van der Waals surface area contributed by atoms with E-state index < -0.39 is 20.6 Å². The second kappa shape index (κ2) is 7.13. The van der Waals surface area contributed by atoms with Crippen LogP contribution in [0.5, 0.6) is 0 Å². The highest BCUT2D eigenvalue weighted by atomic mass is 32.2. The molecule has 1 unspecified atom stereocenters. The Kier molecular flexibility index (Phi) is 5.01. The van der Waals surface area contributed by atoms with Crippen LogP contribution in [0.1, 0.15) is 0 Å². The van der Waals surface area contributed by atoms with Gasteiger partial charge in [0.25, 0.3) is 0 Å². The molecule has 1 atom stereocenters. The molecule has 8 nitrogen and oxygen atoms in total. The van der Waals surface area contributed by atoms with Crippen LogP contribution in [-0.2, 0) is 14.8 Å². The minimum absolute atomic E-state index is 0.0566. The van der Waals surface area contributed by atoms with Crippen LogP contribution in [0.25, 0.3) is 22.6 Å². The van der Waals surface area contributed by atoms with Crippen molar-refractivity contribution in [2.75, 3.05) is 7.05 Å². The minimum Gasteiger partial charge on any atom is -0.392 e. The number of sulfonamides is 1. The smallest absolute Gasteiger partial charge is 0.392 e. The molecular weight excluding hydrogens is 382 g/mol. The number of likely N-dealkylation sites (N-methyl/N-ethyl adjacent to an activating group) is 1. The van der Waals surface area contributed by atoms with Crippen LogP contribution < -0.4 is 9.79 Å². The number of benzene rings is 2. The van der Waals surface area contributed by atoms with Gasteiger partial charge in [-0.15, -0.1) is 0 Å². The quantitative estimate of drug-likeness (QED) is 0.294. The Morgan fingerprint density at radius 2 is 1.79 bits per heavy atom. The van der Waals surface area contributed by atoms with Crippen LogP contribution in [0.4, 0.5) is 6.01 Å². The number of hydrogen-bond donors (Lipinski definition) is 2. The van der Waals surface area contributed by atoms with Gasteiger partial charge in [-0.25, -0.2) is 18.4 Å². The van der Waals surface area contributed by atoms with Crippen molar-refractivity contribution in [1.82, 2.24) is 9.63 Å². The molecule has 144 valence electrons. The molecule has 0 radical (unpaired) electrons. The topological polar surface area (TPSA) is 123 Å². The Balaban J connectivity index is 2.33. The third-order valence-corrected chi connectivity index (χ3v) is 5.05. The molecule has 0 saturated carbocycles. The lowest BCUT2D eigenvalue weighted by atomic mass is 10.1. The Hall–Kier alpha value is -3.11. The van der Waals surface area contributed by atoms with Crippen molar-refractivity contribution in [2.24, 2.45) is 5.14 Å². The average molecular weight is 400 g/mol. The van der Waals surface area contributed by atoms with Crippen LogP contribution in [0.3, 0.4) is 0 Å². The van der Waals surface area contributed by atoms with Crippen LogP contribution >= 0.6 is 0 Å². The molecule has 0 saturated heterocycles. The average Bonchev–Trinajstić information content (AvgIpc) is 3.13. The Morgan fingerprint density at radius 1 is 1.18 bits per heavy atom. The third kappa shape index (κ3) is 3.51. The number of hydroxylamine groups is 2. The predicted octanol–water partition coefficient (Wildman–Crippen LogP) is 2.69. The summed E-state index contributed by atoms with van der Waals surface area (Å²) in [6.07, 6.45) is 0.935. The molecule has 0 fully saturated rings. The van der Waals surface area contributed by atoms with Gasteiger partial charge in [0.1, 0.15) is 12.7 Å². The molecule has 0 bridgehead atoms. The second-order valence-corrected chi connectivity index (χ2v) is 7.61. The normalized spacial score (nSPS) is 13.7. The van der Waals surface area contributed by atoms with E-state index in [9.17, 15) is 18.4 Å². The summed E-state index contributed by atoms with van der Waals surface area (Å²) in [5.41, 5.74) is 1.01. The van der Waals surface area contributed by atoms with E-state index in [4.69, 9.17) is 9.56 Å². The molecule has 3 rings (SSSR count). The van der Waals surface area contributed by atoms with Crippen molar-refractivity contribution in [2.45, 2.75) is 4.90 Å². The van der Waals surface area contributed by atoms with Gasteiger partial charge in [0, 0.05) is 17.2 Å². The van der Waals surface area contributed by atoms with Crippen molar-refractivity contribution >= 4 is 21.9 Å². The van der Waals surface area contributed by atoms with Crippen molar-refractivity contribution in [3.8, 4) is 22.6 Å². The highest BCUT2D eigenvalue weighted by molar-refractivity contribution is 7.89. The van der Waals surface area contributed by atoms with Gasteiger partial charge in [-0.1, -0.05) is 49.0 Å². The molecule has 1 amide bonds. The number of nitrogens with zero attached hydrogens (tertiary/aromatic N) is 2. The first kappa shape index (κ1) is 19.6. The molecule has 0 aliphatic heterocycles. The van der Waals surface area contributed by atoms with Gasteiger partial charge >= 0.3 is 11.9 Å². The summed E-state index contributed by atoms with van der Waals surface area (Å²) >= 11 is 0. The lowest BCUT2D eigenvalue weighted by Crippen LogP contribution is -2.46. The first-order valence-electron chi connectivity index (χ1n) is 8.11. The summed E-state index contributed by atoms with van der Waals surface area (Å²) in [7, 11) is -2.90. The molecule has 0 aliphatic rings. The number of primary sulfonamides is 1. The van der Waals surface area contributed by atoms with E-state index in [0.29, 0.717) is 5.56 Å². The van der Waals surface area contributed by atoms with Crippen LogP contribution in [0.2, 0.25) is 0 Å². The number of carbonyl (C=O) groups excluding carboxylic acids is 1. The van der Waals surface area contributed by atoms with E-state index in [2.05, 4.69) is 11.6 Å². The van der Waals surface area contributed by atoms with Gasteiger partial charge in [0.2, 0.25) is 10.0 Å². The Bertz CT molecular complexity index is 1150. The van der Waals surface area contributed by atoms with Crippen molar-refractivity contribution in [1.29, 1.82) is 0 Å². The number of amides is 1. The summed E-state index contributed by atoms with van der Waals surface area (Å²) in [6.45, 7) is 3.35. The Labute approximate surface area is 161 Å². The number of aromatic nitrogens is 1. The fourth-order valence-electron chi connectivity index (χ4n) is 2.64. The van der Waals surface area contributed by atoms with Crippen molar-refractivity contribution in [3.05, 3.63) is 67.3 Å². The van der Waals surface area contributed by atoms with E-state index >= 15 is 0 Å². The molecule has 1 heterocycles.